The van der Waals surface area contributed by atoms with Crippen molar-refractivity contribution in [2.75, 3.05) is 18.5 Å². The molecular weight excluding hydrogens is 300 g/mol. The van der Waals surface area contributed by atoms with Crippen molar-refractivity contribution in [1.82, 2.24) is 0 Å². The molecular formula is C14H20N6O3. The molecule has 1 aromatic carbocycles. The fourth-order valence-corrected chi connectivity index (χ4v) is 2.25. The number of rotatable bonds is 5. The van der Waals surface area contributed by atoms with E-state index in [0.717, 1.165) is 19.4 Å². The van der Waals surface area contributed by atoms with Crippen LogP contribution < -0.4 is 22.5 Å². The molecule has 1 atom stereocenters. The molecule has 0 saturated carbocycles. The monoisotopic (exact) mass is 320 g/mol. The van der Waals surface area contributed by atoms with Crippen LogP contribution in [0, 0.1) is 0 Å². The van der Waals surface area contributed by atoms with Crippen molar-refractivity contribution in [3.8, 4) is 0 Å². The number of guanidine groups is 2. The van der Waals surface area contributed by atoms with Crippen molar-refractivity contribution < 1.29 is 14.6 Å². The van der Waals surface area contributed by atoms with Crippen LogP contribution in [0.5, 0.6) is 0 Å². The lowest BCUT2D eigenvalue weighted by Crippen LogP contribution is -2.26. The Balaban J connectivity index is 2.17. The van der Waals surface area contributed by atoms with Crippen molar-refractivity contribution in [3.63, 3.8) is 0 Å². The van der Waals surface area contributed by atoms with Gasteiger partial charge < -0.3 is 32.4 Å². The van der Waals surface area contributed by atoms with Gasteiger partial charge in [-0.1, -0.05) is 0 Å². The summed E-state index contributed by atoms with van der Waals surface area (Å²) in [6.45, 7) is 1.30. The molecule has 23 heavy (non-hydrogen) atoms. The van der Waals surface area contributed by atoms with Crippen molar-refractivity contribution in [2.24, 2.45) is 27.2 Å². The average Bonchev–Trinajstić information content (AvgIpc) is 2.98. The maximum absolute atomic E-state index is 11.4. The van der Waals surface area contributed by atoms with Crippen LogP contribution in [0.25, 0.3) is 0 Å². The molecule has 1 heterocycles. The third-order valence-corrected chi connectivity index (χ3v) is 3.27. The molecule has 0 aliphatic carbocycles. The number of benzene rings is 1. The second-order valence-electron chi connectivity index (χ2n) is 5.06. The van der Waals surface area contributed by atoms with E-state index in [1.165, 1.54) is 6.07 Å². The van der Waals surface area contributed by atoms with Crippen LogP contribution in [-0.2, 0) is 4.74 Å². The van der Waals surface area contributed by atoms with E-state index in [0.29, 0.717) is 17.9 Å². The predicted molar refractivity (Wildman–Crippen MR) is 88.0 cm³/mol. The highest BCUT2D eigenvalue weighted by atomic mass is 16.5. The van der Waals surface area contributed by atoms with Gasteiger partial charge in [0, 0.05) is 18.8 Å². The molecule has 0 amide bonds. The topological polar surface area (TPSA) is 161 Å². The zero-order valence-corrected chi connectivity index (χ0v) is 12.5. The molecule has 1 fully saturated rings. The number of carboxylic acids is 1. The predicted octanol–water partition coefficient (Wildman–Crippen LogP) is 0.195. The number of nitrogens with one attached hydrogen (secondary N) is 1. The van der Waals surface area contributed by atoms with E-state index in [1.807, 2.05) is 0 Å². The molecule has 124 valence electrons. The summed E-state index contributed by atoms with van der Waals surface area (Å²) in [6.07, 6.45) is 2.09. The largest absolute Gasteiger partial charge is 0.478 e. The van der Waals surface area contributed by atoms with E-state index in [9.17, 15) is 9.90 Å². The van der Waals surface area contributed by atoms with E-state index >= 15 is 0 Å². The van der Waals surface area contributed by atoms with Gasteiger partial charge in [0.1, 0.15) is 0 Å². The number of hydrogen-bond acceptors (Lipinski definition) is 4. The Hall–Kier alpha value is -2.81. The van der Waals surface area contributed by atoms with Gasteiger partial charge in [0.05, 0.1) is 17.4 Å². The number of ether oxygens (including phenoxy) is 1. The van der Waals surface area contributed by atoms with Crippen LogP contribution in [0.15, 0.2) is 28.2 Å². The van der Waals surface area contributed by atoms with Gasteiger partial charge in [0.25, 0.3) is 0 Å². The maximum atomic E-state index is 11.4. The van der Waals surface area contributed by atoms with Crippen molar-refractivity contribution in [2.45, 2.75) is 18.9 Å². The number of aliphatic imine (C=N–C) groups is 2. The summed E-state index contributed by atoms with van der Waals surface area (Å²) < 4.78 is 5.50. The highest BCUT2D eigenvalue weighted by Gasteiger charge is 2.17. The third-order valence-electron chi connectivity index (χ3n) is 3.27. The molecule has 0 spiro atoms. The first-order valence-electron chi connectivity index (χ1n) is 7.12. The Morgan fingerprint density at radius 1 is 1.39 bits per heavy atom. The number of carbonyl (C=O) groups is 1. The van der Waals surface area contributed by atoms with Gasteiger partial charge >= 0.3 is 5.97 Å². The van der Waals surface area contributed by atoms with Crippen molar-refractivity contribution in [3.05, 3.63) is 23.8 Å². The smallest absolute Gasteiger partial charge is 0.337 e. The summed E-state index contributed by atoms with van der Waals surface area (Å²) >= 11 is 0. The summed E-state index contributed by atoms with van der Waals surface area (Å²) in [5.74, 6) is -1.45. The zero-order valence-electron chi connectivity index (χ0n) is 12.5. The number of hydrogen-bond donors (Lipinski definition) is 5. The molecule has 0 aromatic heterocycles. The van der Waals surface area contributed by atoms with E-state index in [1.54, 1.807) is 12.1 Å². The molecule has 0 bridgehead atoms. The first kappa shape index (κ1) is 16.6. The standard InChI is InChI=1S/C14H20N6O3/c15-13(16)20-14(17)19-8-3-4-11(10(6-8)12(21)22)18-7-9-2-1-5-23-9/h3-4,6,9,18H,1-2,5,7H2,(H,21,22)(H6,15,16,17,19,20). The lowest BCUT2D eigenvalue weighted by Gasteiger charge is -2.14. The zero-order chi connectivity index (χ0) is 16.8. The summed E-state index contributed by atoms with van der Waals surface area (Å²) in [4.78, 5) is 18.9. The van der Waals surface area contributed by atoms with Gasteiger partial charge in [-0.3, -0.25) is 0 Å². The van der Waals surface area contributed by atoms with E-state index in [2.05, 4.69) is 15.3 Å². The summed E-state index contributed by atoms with van der Waals surface area (Å²) in [5.41, 5.74) is 16.9. The van der Waals surface area contributed by atoms with Crippen LogP contribution in [-0.4, -0.2) is 42.3 Å². The summed E-state index contributed by atoms with van der Waals surface area (Å²) in [5, 5.41) is 12.4. The molecule has 9 heteroatoms. The van der Waals surface area contributed by atoms with Crippen molar-refractivity contribution in [1.29, 1.82) is 0 Å². The quantitative estimate of drug-likeness (QED) is 0.382. The minimum absolute atomic E-state index is 0.0850. The lowest BCUT2D eigenvalue weighted by atomic mass is 10.1. The molecule has 2 rings (SSSR count). The van der Waals surface area contributed by atoms with Crippen molar-refractivity contribution >= 4 is 29.3 Å². The molecule has 1 saturated heterocycles. The Bertz CT molecular complexity index is 633. The molecule has 8 N–H and O–H groups in total. The van der Waals surface area contributed by atoms with Crippen LogP contribution in [0.2, 0.25) is 0 Å². The third kappa shape index (κ3) is 4.85. The Morgan fingerprint density at radius 2 is 2.17 bits per heavy atom. The van der Waals surface area contributed by atoms with Gasteiger partial charge in [-0.15, -0.1) is 0 Å². The molecule has 9 nitrogen and oxygen atoms in total. The minimum Gasteiger partial charge on any atom is -0.478 e. The van der Waals surface area contributed by atoms with Gasteiger partial charge in [-0.05, 0) is 31.0 Å². The number of nitrogens with two attached hydrogens (primary N) is 3. The average molecular weight is 320 g/mol. The van der Waals surface area contributed by atoms with Crippen LogP contribution >= 0.6 is 0 Å². The van der Waals surface area contributed by atoms with Gasteiger partial charge in [-0.25, -0.2) is 9.79 Å². The molecule has 1 aliphatic rings. The lowest BCUT2D eigenvalue weighted by molar-refractivity contribution is 0.0697. The van der Waals surface area contributed by atoms with E-state index in [-0.39, 0.29) is 23.6 Å². The second-order valence-corrected chi connectivity index (χ2v) is 5.06. The molecule has 0 radical (unpaired) electrons. The molecule has 1 unspecified atom stereocenters. The van der Waals surface area contributed by atoms with Crippen LogP contribution in [0.4, 0.5) is 11.4 Å². The molecule has 1 aromatic rings. The summed E-state index contributed by atoms with van der Waals surface area (Å²) in [7, 11) is 0. The van der Waals surface area contributed by atoms with Gasteiger partial charge in [0.2, 0.25) is 5.96 Å². The van der Waals surface area contributed by atoms with Crippen LogP contribution in [0.1, 0.15) is 23.2 Å². The van der Waals surface area contributed by atoms with E-state index < -0.39 is 5.97 Å². The Morgan fingerprint density at radius 3 is 2.78 bits per heavy atom. The highest BCUT2D eigenvalue weighted by molar-refractivity contribution is 5.97. The maximum Gasteiger partial charge on any atom is 0.337 e. The fraction of sp³-hybridized carbons (Fsp3) is 0.357. The minimum atomic E-state index is -1.07. The highest BCUT2D eigenvalue weighted by Crippen LogP contribution is 2.23. The van der Waals surface area contributed by atoms with Crippen LogP contribution in [0.3, 0.4) is 0 Å². The number of anilines is 1. The van der Waals surface area contributed by atoms with Gasteiger partial charge in [-0.2, -0.15) is 4.99 Å². The van der Waals surface area contributed by atoms with Gasteiger partial charge in [0.15, 0.2) is 5.96 Å². The SMILES string of the molecule is NC(N)=NC(N)=Nc1ccc(NCC2CCCO2)c(C(=O)O)c1. The Labute approximate surface area is 133 Å². The first-order chi connectivity index (χ1) is 11.0. The fourth-order valence-electron chi connectivity index (χ4n) is 2.25. The number of nitrogens with zero attached hydrogens (tertiary/aromatic N) is 2. The number of carboxylic acid groups (broad SMARTS) is 1. The van der Waals surface area contributed by atoms with E-state index in [4.69, 9.17) is 21.9 Å². The Kier molecular flexibility index (Phi) is 5.36. The summed E-state index contributed by atoms with van der Waals surface area (Å²) in [6, 6.07) is 4.65. The second kappa shape index (κ2) is 7.45. The molecule has 1 aliphatic heterocycles. The first-order valence-corrected chi connectivity index (χ1v) is 7.12. The number of aromatic carboxylic acids is 1. The normalized spacial score (nSPS) is 17.7.